The van der Waals surface area contributed by atoms with E-state index in [0.717, 1.165) is 10.4 Å². The summed E-state index contributed by atoms with van der Waals surface area (Å²) in [7, 11) is 2.83. The van der Waals surface area contributed by atoms with Gasteiger partial charge < -0.3 is 14.8 Å². The molecule has 1 aromatic carbocycles. The molecule has 0 aliphatic carbocycles. The van der Waals surface area contributed by atoms with E-state index in [0.29, 0.717) is 21.9 Å². The zero-order valence-corrected chi connectivity index (χ0v) is 13.7. The number of carbonyl (C=O) groups is 2. The summed E-state index contributed by atoms with van der Waals surface area (Å²) in [5.41, 5.74) is 1.62. The third-order valence-corrected chi connectivity index (χ3v) is 4.48. The highest BCUT2D eigenvalue weighted by Crippen LogP contribution is 2.33. The fourth-order valence-corrected chi connectivity index (χ4v) is 3.11. The summed E-state index contributed by atoms with van der Waals surface area (Å²) in [6.45, 7) is 3.72. The quantitative estimate of drug-likeness (QED) is 0.877. The van der Waals surface area contributed by atoms with Gasteiger partial charge in [-0.25, -0.2) is 4.79 Å². The van der Waals surface area contributed by atoms with E-state index in [1.165, 1.54) is 25.6 Å². The van der Waals surface area contributed by atoms with E-state index in [1.54, 1.807) is 24.3 Å². The van der Waals surface area contributed by atoms with E-state index in [4.69, 9.17) is 9.47 Å². The first-order chi connectivity index (χ1) is 10.5. The molecule has 1 aromatic heterocycles. The average molecular weight is 319 g/mol. The van der Waals surface area contributed by atoms with Gasteiger partial charge in [-0.05, 0) is 31.5 Å². The molecule has 0 atom stereocenters. The van der Waals surface area contributed by atoms with Gasteiger partial charge in [0.15, 0.2) is 0 Å². The SMILES string of the molecule is COC(=O)c1c(NC(=O)c2ccccc2OC)sc(C)c1C. The first-order valence-electron chi connectivity index (χ1n) is 6.62. The van der Waals surface area contributed by atoms with E-state index in [-0.39, 0.29) is 5.91 Å². The van der Waals surface area contributed by atoms with Crippen LogP contribution in [0.2, 0.25) is 0 Å². The van der Waals surface area contributed by atoms with Gasteiger partial charge in [0.05, 0.1) is 25.3 Å². The van der Waals surface area contributed by atoms with E-state index in [2.05, 4.69) is 5.32 Å². The fourth-order valence-electron chi connectivity index (χ4n) is 2.07. The molecule has 5 nitrogen and oxygen atoms in total. The van der Waals surface area contributed by atoms with Crippen molar-refractivity contribution >= 4 is 28.2 Å². The second-order valence-electron chi connectivity index (χ2n) is 4.63. The molecule has 2 aromatic rings. The van der Waals surface area contributed by atoms with E-state index < -0.39 is 5.97 Å². The molecule has 0 aliphatic rings. The highest BCUT2D eigenvalue weighted by Gasteiger charge is 2.22. The number of methoxy groups -OCH3 is 2. The summed E-state index contributed by atoms with van der Waals surface area (Å²) in [5.74, 6) is -0.314. The van der Waals surface area contributed by atoms with Crippen LogP contribution in [-0.4, -0.2) is 26.1 Å². The first-order valence-corrected chi connectivity index (χ1v) is 7.44. The number of hydrogen-bond donors (Lipinski definition) is 1. The van der Waals surface area contributed by atoms with Crippen molar-refractivity contribution < 1.29 is 19.1 Å². The Morgan fingerprint density at radius 1 is 1.14 bits per heavy atom. The van der Waals surface area contributed by atoms with E-state index in [1.807, 2.05) is 13.8 Å². The summed E-state index contributed by atoms with van der Waals surface area (Å²) >= 11 is 1.35. The van der Waals surface area contributed by atoms with Crippen molar-refractivity contribution in [3.63, 3.8) is 0 Å². The third kappa shape index (κ3) is 2.96. The molecule has 0 bridgehead atoms. The molecule has 6 heteroatoms. The Balaban J connectivity index is 2.37. The van der Waals surface area contributed by atoms with Crippen LogP contribution in [-0.2, 0) is 4.74 Å². The van der Waals surface area contributed by atoms with Crippen molar-refractivity contribution in [1.29, 1.82) is 0 Å². The molecule has 0 spiro atoms. The molecule has 0 fully saturated rings. The van der Waals surface area contributed by atoms with Gasteiger partial charge in [0.25, 0.3) is 5.91 Å². The van der Waals surface area contributed by atoms with Gasteiger partial charge in [0.1, 0.15) is 10.8 Å². The minimum atomic E-state index is -0.461. The van der Waals surface area contributed by atoms with Crippen LogP contribution in [0.25, 0.3) is 0 Å². The molecule has 1 amide bonds. The second kappa shape index (κ2) is 6.62. The molecular formula is C16H17NO4S. The lowest BCUT2D eigenvalue weighted by atomic mass is 10.1. The van der Waals surface area contributed by atoms with Crippen LogP contribution in [0.15, 0.2) is 24.3 Å². The van der Waals surface area contributed by atoms with Gasteiger partial charge in [-0.1, -0.05) is 12.1 Å². The maximum atomic E-state index is 12.4. The number of thiophene rings is 1. The molecule has 116 valence electrons. The van der Waals surface area contributed by atoms with Gasteiger partial charge in [-0.15, -0.1) is 11.3 Å². The molecular weight excluding hydrogens is 302 g/mol. The summed E-state index contributed by atoms with van der Waals surface area (Å²) < 4.78 is 9.98. The fraction of sp³-hybridized carbons (Fsp3) is 0.250. The number of anilines is 1. The van der Waals surface area contributed by atoms with Gasteiger partial charge in [-0.2, -0.15) is 0 Å². The Bertz CT molecular complexity index is 721. The normalized spacial score (nSPS) is 10.2. The van der Waals surface area contributed by atoms with Gasteiger partial charge in [-0.3, -0.25) is 4.79 Å². The minimum absolute atomic E-state index is 0.330. The topological polar surface area (TPSA) is 64.6 Å². The monoisotopic (exact) mass is 319 g/mol. The van der Waals surface area contributed by atoms with Crippen LogP contribution in [0.1, 0.15) is 31.2 Å². The number of hydrogen-bond acceptors (Lipinski definition) is 5. The predicted molar refractivity (Wildman–Crippen MR) is 86.1 cm³/mol. The van der Waals surface area contributed by atoms with Crippen LogP contribution in [0.3, 0.4) is 0 Å². The molecule has 1 heterocycles. The van der Waals surface area contributed by atoms with Crippen LogP contribution < -0.4 is 10.1 Å². The highest BCUT2D eigenvalue weighted by molar-refractivity contribution is 7.16. The van der Waals surface area contributed by atoms with Crippen molar-refractivity contribution in [2.24, 2.45) is 0 Å². The Hall–Kier alpha value is -2.34. The largest absolute Gasteiger partial charge is 0.496 e. The van der Waals surface area contributed by atoms with Gasteiger partial charge >= 0.3 is 5.97 Å². The third-order valence-electron chi connectivity index (χ3n) is 3.35. The summed E-state index contributed by atoms with van der Waals surface area (Å²) in [5, 5.41) is 3.26. The number of ether oxygens (including phenoxy) is 2. The van der Waals surface area contributed by atoms with Crippen molar-refractivity contribution in [1.82, 2.24) is 0 Å². The first kappa shape index (κ1) is 16.0. The molecule has 0 saturated heterocycles. The number of benzene rings is 1. The summed E-state index contributed by atoms with van der Waals surface area (Å²) in [6.07, 6.45) is 0. The standard InChI is InChI=1S/C16H17NO4S/c1-9-10(2)22-15(13(9)16(19)21-4)17-14(18)11-7-5-6-8-12(11)20-3/h5-8H,1-4H3,(H,17,18). The highest BCUT2D eigenvalue weighted by atomic mass is 32.1. The molecule has 0 unspecified atom stereocenters. The van der Waals surface area contributed by atoms with Crippen LogP contribution in [0.4, 0.5) is 5.00 Å². The zero-order chi connectivity index (χ0) is 16.3. The van der Waals surface area contributed by atoms with E-state index in [9.17, 15) is 9.59 Å². The minimum Gasteiger partial charge on any atom is -0.496 e. The van der Waals surface area contributed by atoms with Crippen LogP contribution in [0.5, 0.6) is 5.75 Å². The molecule has 0 aliphatic heterocycles. The Morgan fingerprint density at radius 3 is 2.45 bits per heavy atom. The van der Waals surface area contributed by atoms with Gasteiger partial charge in [0, 0.05) is 4.88 Å². The number of aryl methyl sites for hydroxylation is 1. The number of carbonyl (C=O) groups excluding carboxylic acids is 2. The molecule has 1 N–H and O–H groups in total. The number of nitrogens with one attached hydrogen (secondary N) is 1. The number of para-hydroxylation sites is 1. The van der Waals surface area contributed by atoms with Crippen molar-refractivity contribution in [3.05, 3.63) is 45.8 Å². The predicted octanol–water partition coefficient (Wildman–Crippen LogP) is 3.41. The second-order valence-corrected chi connectivity index (χ2v) is 5.86. The van der Waals surface area contributed by atoms with Crippen molar-refractivity contribution in [3.8, 4) is 5.75 Å². The Labute approximate surface area is 132 Å². The van der Waals surface area contributed by atoms with Crippen molar-refractivity contribution in [2.45, 2.75) is 13.8 Å². The maximum Gasteiger partial charge on any atom is 0.341 e. The Morgan fingerprint density at radius 2 is 1.82 bits per heavy atom. The number of amides is 1. The average Bonchev–Trinajstić information content (AvgIpc) is 2.80. The van der Waals surface area contributed by atoms with Crippen molar-refractivity contribution in [2.75, 3.05) is 19.5 Å². The van der Waals surface area contributed by atoms with Gasteiger partial charge in [0.2, 0.25) is 0 Å². The smallest absolute Gasteiger partial charge is 0.341 e. The van der Waals surface area contributed by atoms with E-state index >= 15 is 0 Å². The maximum absolute atomic E-state index is 12.4. The molecule has 0 saturated carbocycles. The summed E-state index contributed by atoms with van der Waals surface area (Å²) in [6, 6.07) is 6.92. The lowest BCUT2D eigenvalue weighted by molar-refractivity contribution is 0.0601. The number of rotatable bonds is 4. The zero-order valence-electron chi connectivity index (χ0n) is 12.9. The van der Waals surface area contributed by atoms with Crippen LogP contribution in [0, 0.1) is 13.8 Å². The number of esters is 1. The molecule has 22 heavy (non-hydrogen) atoms. The Kier molecular flexibility index (Phi) is 4.82. The molecule has 2 rings (SSSR count). The molecule has 0 radical (unpaired) electrons. The lowest BCUT2D eigenvalue weighted by Gasteiger charge is -2.09. The lowest BCUT2D eigenvalue weighted by Crippen LogP contribution is -2.15. The summed E-state index contributed by atoms with van der Waals surface area (Å²) in [4.78, 5) is 25.3. The van der Waals surface area contributed by atoms with Crippen LogP contribution >= 0.6 is 11.3 Å².